The number of alkyl halides is 2. The highest BCUT2D eigenvalue weighted by Gasteiger charge is 2.08. The van der Waals surface area contributed by atoms with Crippen LogP contribution in [0, 0.1) is 0 Å². The van der Waals surface area contributed by atoms with Gasteiger partial charge in [0.2, 0.25) is 0 Å². The third-order valence-corrected chi connectivity index (χ3v) is 2.56. The molecular formula is C12H16Cl2N4O2. The predicted molar refractivity (Wildman–Crippen MR) is 81.9 cm³/mol. The van der Waals surface area contributed by atoms with Gasteiger partial charge in [-0.1, -0.05) is 12.1 Å². The van der Waals surface area contributed by atoms with Crippen LogP contribution in [0.1, 0.15) is 0 Å². The second kappa shape index (κ2) is 9.28. The fourth-order valence-corrected chi connectivity index (χ4v) is 1.54. The lowest BCUT2D eigenvalue weighted by atomic mass is 10.2. The monoisotopic (exact) mass is 318 g/mol. The van der Waals surface area contributed by atoms with Crippen LogP contribution in [-0.2, 0) is 0 Å². The van der Waals surface area contributed by atoms with Crippen molar-refractivity contribution >= 4 is 46.6 Å². The number of anilines is 2. The lowest BCUT2D eigenvalue weighted by Gasteiger charge is -2.12. The highest BCUT2D eigenvalue weighted by atomic mass is 35.5. The zero-order chi connectivity index (χ0) is 14.8. The number of hydrogen-bond acceptors (Lipinski definition) is 2. The van der Waals surface area contributed by atoms with Gasteiger partial charge in [-0.2, -0.15) is 0 Å². The Balaban J connectivity index is 2.63. The number of carbonyl (C=O) groups excluding carboxylic acids is 2. The van der Waals surface area contributed by atoms with Crippen molar-refractivity contribution in [1.29, 1.82) is 0 Å². The van der Waals surface area contributed by atoms with Gasteiger partial charge in [0.25, 0.3) is 0 Å². The first-order valence-electron chi connectivity index (χ1n) is 5.98. The minimum Gasteiger partial charge on any atom is -0.337 e. The molecule has 0 radical (unpaired) electrons. The Morgan fingerprint density at radius 3 is 1.60 bits per heavy atom. The molecule has 1 aromatic rings. The first kappa shape index (κ1) is 16.4. The van der Waals surface area contributed by atoms with E-state index in [0.29, 0.717) is 36.2 Å². The van der Waals surface area contributed by atoms with Crippen molar-refractivity contribution in [2.24, 2.45) is 0 Å². The Kier molecular flexibility index (Phi) is 7.60. The number of nitrogens with one attached hydrogen (secondary N) is 4. The lowest BCUT2D eigenvalue weighted by Crippen LogP contribution is -2.32. The molecule has 8 heteroatoms. The van der Waals surface area contributed by atoms with Gasteiger partial charge in [-0.3, -0.25) is 0 Å². The van der Waals surface area contributed by atoms with E-state index in [0.717, 1.165) is 0 Å². The summed E-state index contributed by atoms with van der Waals surface area (Å²) in [5, 5.41) is 10.4. The van der Waals surface area contributed by atoms with Gasteiger partial charge in [-0.25, -0.2) is 9.59 Å². The maximum absolute atomic E-state index is 11.6. The van der Waals surface area contributed by atoms with Gasteiger partial charge < -0.3 is 21.3 Å². The van der Waals surface area contributed by atoms with Crippen LogP contribution < -0.4 is 21.3 Å². The maximum atomic E-state index is 11.6. The van der Waals surface area contributed by atoms with Crippen LogP contribution in [0.25, 0.3) is 0 Å². The summed E-state index contributed by atoms with van der Waals surface area (Å²) in [7, 11) is 0. The van der Waals surface area contributed by atoms with Crippen molar-refractivity contribution in [3.63, 3.8) is 0 Å². The molecule has 0 unspecified atom stereocenters. The van der Waals surface area contributed by atoms with E-state index in [1.807, 2.05) is 0 Å². The summed E-state index contributed by atoms with van der Waals surface area (Å²) in [6.45, 7) is 0.721. The molecule has 0 spiro atoms. The molecule has 0 aliphatic rings. The first-order valence-corrected chi connectivity index (χ1v) is 7.05. The van der Waals surface area contributed by atoms with E-state index < -0.39 is 0 Å². The first-order chi connectivity index (χ1) is 9.67. The van der Waals surface area contributed by atoms with Crippen molar-refractivity contribution in [1.82, 2.24) is 10.6 Å². The quantitative estimate of drug-likeness (QED) is 0.607. The predicted octanol–water partition coefficient (Wildman–Crippen LogP) is 2.41. The van der Waals surface area contributed by atoms with Gasteiger partial charge in [0, 0.05) is 24.8 Å². The normalized spacial score (nSPS) is 9.70. The molecule has 6 nitrogen and oxygen atoms in total. The molecule has 1 aromatic carbocycles. The average Bonchev–Trinajstić information content (AvgIpc) is 2.45. The van der Waals surface area contributed by atoms with Crippen LogP contribution in [0.5, 0.6) is 0 Å². The zero-order valence-electron chi connectivity index (χ0n) is 10.7. The third kappa shape index (κ3) is 5.99. The number of carbonyl (C=O) groups is 2. The highest BCUT2D eigenvalue weighted by Crippen LogP contribution is 2.20. The van der Waals surface area contributed by atoms with E-state index in [1.165, 1.54) is 0 Å². The molecule has 0 saturated heterocycles. The van der Waals surface area contributed by atoms with Crippen molar-refractivity contribution in [3.05, 3.63) is 24.3 Å². The largest absolute Gasteiger partial charge is 0.337 e. The zero-order valence-corrected chi connectivity index (χ0v) is 12.2. The topological polar surface area (TPSA) is 82.3 Å². The second-order valence-electron chi connectivity index (χ2n) is 3.69. The third-order valence-electron chi connectivity index (χ3n) is 2.18. The molecule has 20 heavy (non-hydrogen) atoms. The molecule has 0 bridgehead atoms. The standard InChI is InChI=1S/C12H16Cl2N4O2/c13-5-7-15-11(19)17-9-3-1-2-4-10(9)18-12(20)16-8-6-14/h1-4H,5-8H2,(H2,15,17,19)(H2,16,18,20). The Morgan fingerprint density at radius 2 is 1.25 bits per heavy atom. The number of halogens is 2. The van der Waals surface area contributed by atoms with Crippen molar-refractivity contribution in [3.8, 4) is 0 Å². The van der Waals surface area contributed by atoms with E-state index in [4.69, 9.17) is 23.2 Å². The summed E-state index contributed by atoms with van der Waals surface area (Å²) in [5.41, 5.74) is 0.973. The molecule has 0 fully saturated rings. The molecule has 0 aliphatic carbocycles. The second-order valence-corrected chi connectivity index (χ2v) is 4.44. The van der Waals surface area contributed by atoms with E-state index in [-0.39, 0.29) is 12.1 Å². The van der Waals surface area contributed by atoms with E-state index >= 15 is 0 Å². The van der Waals surface area contributed by atoms with Crippen LogP contribution in [-0.4, -0.2) is 36.9 Å². The average molecular weight is 319 g/mol. The van der Waals surface area contributed by atoms with E-state index in [2.05, 4.69) is 21.3 Å². The fourth-order valence-electron chi connectivity index (χ4n) is 1.36. The van der Waals surface area contributed by atoms with Crippen LogP contribution >= 0.6 is 23.2 Å². The van der Waals surface area contributed by atoms with Crippen molar-refractivity contribution in [2.45, 2.75) is 0 Å². The summed E-state index contributed by atoms with van der Waals surface area (Å²) >= 11 is 11.0. The minimum atomic E-state index is -0.388. The summed E-state index contributed by atoms with van der Waals surface area (Å²) in [4.78, 5) is 23.1. The summed E-state index contributed by atoms with van der Waals surface area (Å²) in [6, 6.07) is 6.08. The van der Waals surface area contributed by atoms with Crippen LogP contribution in [0.15, 0.2) is 24.3 Å². The Morgan fingerprint density at radius 1 is 0.850 bits per heavy atom. The summed E-state index contributed by atoms with van der Waals surface area (Å²) < 4.78 is 0. The van der Waals surface area contributed by atoms with Gasteiger partial charge in [-0.05, 0) is 12.1 Å². The molecule has 0 atom stereocenters. The number of para-hydroxylation sites is 2. The van der Waals surface area contributed by atoms with Crippen LogP contribution in [0.2, 0.25) is 0 Å². The molecule has 1 rings (SSSR count). The molecule has 0 aromatic heterocycles. The molecule has 110 valence electrons. The lowest BCUT2D eigenvalue weighted by molar-refractivity contribution is 0.251. The molecule has 4 N–H and O–H groups in total. The van der Waals surface area contributed by atoms with Gasteiger partial charge in [0.05, 0.1) is 11.4 Å². The van der Waals surface area contributed by atoms with Gasteiger partial charge in [-0.15, -0.1) is 23.2 Å². The Labute approximate surface area is 127 Å². The van der Waals surface area contributed by atoms with Crippen LogP contribution in [0.4, 0.5) is 21.0 Å². The number of amides is 4. The minimum absolute atomic E-state index is 0.328. The summed E-state index contributed by atoms with van der Waals surface area (Å²) in [6.07, 6.45) is 0. The molecular weight excluding hydrogens is 303 g/mol. The number of rotatable bonds is 6. The van der Waals surface area contributed by atoms with Crippen molar-refractivity contribution < 1.29 is 9.59 Å². The van der Waals surface area contributed by atoms with E-state index in [9.17, 15) is 9.59 Å². The number of urea groups is 2. The smallest absolute Gasteiger partial charge is 0.319 e. The van der Waals surface area contributed by atoms with Gasteiger partial charge in [0.1, 0.15) is 0 Å². The van der Waals surface area contributed by atoms with Gasteiger partial charge in [0.15, 0.2) is 0 Å². The summed E-state index contributed by atoms with van der Waals surface area (Å²) in [5.74, 6) is 0.655. The molecule has 4 amide bonds. The fraction of sp³-hybridized carbons (Fsp3) is 0.333. The Hall–Kier alpha value is -1.66. The number of benzene rings is 1. The number of hydrogen-bond donors (Lipinski definition) is 4. The van der Waals surface area contributed by atoms with Crippen LogP contribution in [0.3, 0.4) is 0 Å². The van der Waals surface area contributed by atoms with E-state index in [1.54, 1.807) is 24.3 Å². The molecule has 0 aliphatic heterocycles. The maximum Gasteiger partial charge on any atom is 0.319 e. The highest BCUT2D eigenvalue weighted by molar-refractivity contribution is 6.18. The van der Waals surface area contributed by atoms with Crippen molar-refractivity contribution in [2.75, 3.05) is 35.5 Å². The van der Waals surface area contributed by atoms with Gasteiger partial charge >= 0.3 is 12.1 Å². The Bertz CT molecular complexity index is 416. The molecule has 0 heterocycles. The molecule has 0 saturated carbocycles. The SMILES string of the molecule is O=C(NCCCl)Nc1ccccc1NC(=O)NCCCl.